The number of hydrogen-bond donors (Lipinski definition) is 1. The average Bonchev–Trinajstić information content (AvgIpc) is 3.39. The van der Waals surface area contributed by atoms with Gasteiger partial charge in [0.05, 0.1) is 23.3 Å². The third kappa shape index (κ3) is 2.78. The first-order valence-electron chi connectivity index (χ1n) is 9.40. The number of rotatable bonds is 3. The van der Waals surface area contributed by atoms with Crippen molar-refractivity contribution in [2.24, 2.45) is 0 Å². The molecule has 140 valence electrons. The Morgan fingerprint density at radius 1 is 1.21 bits per heavy atom. The second kappa shape index (κ2) is 6.34. The predicted molar refractivity (Wildman–Crippen MR) is 105 cm³/mol. The van der Waals surface area contributed by atoms with Crippen molar-refractivity contribution < 1.29 is 9.32 Å². The predicted octanol–water partition coefficient (Wildman–Crippen LogP) is 4.02. The molecule has 1 N–H and O–H groups in total. The number of hydrogen-bond acceptors (Lipinski definition) is 4. The summed E-state index contributed by atoms with van der Waals surface area (Å²) in [6, 6.07) is 12.2. The van der Waals surface area contributed by atoms with Gasteiger partial charge in [-0.05, 0) is 61.6 Å². The summed E-state index contributed by atoms with van der Waals surface area (Å²) in [5.74, 6) is 0.707. The van der Waals surface area contributed by atoms with E-state index >= 15 is 0 Å². The van der Waals surface area contributed by atoms with Gasteiger partial charge in [-0.3, -0.25) is 4.79 Å². The van der Waals surface area contributed by atoms with E-state index < -0.39 is 0 Å². The Morgan fingerprint density at radius 3 is 2.93 bits per heavy atom. The molecule has 1 aromatic carbocycles. The van der Waals surface area contributed by atoms with Crippen LogP contribution >= 0.6 is 0 Å². The topological polar surface area (TPSA) is 72.4 Å². The quantitative estimate of drug-likeness (QED) is 0.589. The fraction of sp³-hybridized carbons (Fsp3) is 0.227. The van der Waals surface area contributed by atoms with Crippen LogP contribution in [0, 0.1) is 13.8 Å². The van der Waals surface area contributed by atoms with E-state index in [1.807, 2.05) is 44.3 Å². The summed E-state index contributed by atoms with van der Waals surface area (Å²) in [5, 5.41) is 11.6. The van der Waals surface area contributed by atoms with E-state index in [-0.39, 0.29) is 11.9 Å². The lowest BCUT2D eigenvalue weighted by molar-refractivity contribution is 0.0938. The Balaban J connectivity index is 1.40. The highest BCUT2D eigenvalue weighted by atomic mass is 16.5. The molecular weight excluding hydrogens is 352 g/mol. The minimum atomic E-state index is -0.0883. The zero-order chi connectivity index (χ0) is 19.3. The van der Waals surface area contributed by atoms with E-state index in [1.165, 1.54) is 11.1 Å². The summed E-state index contributed by atoms with van der Waals surface area (Å²) in [7, 11) is 0. The first kappa shape index (κ1) is 16.7. The van der Waals surface area contributed by atoms with Crippen molar-refractivity contribution in [1.82, 2.24) is 20.1 Å². The number of fused-ring (bicyclic) bond motifs is 2. The molecule has 0 spiro atoms. The molecular formula is C22H20N4O2. The van der Waals surface area contributed by atoms with Crippen LogP contribution in [-0.4, -0.2) is 20.7 Å². The SMILES string of the molecule is Cc1ccn2ncc(C(=O)NC3CCc4cc(-c5cc(C)on5)ccc43)c2c1. The Kier molecular flexibility index (Phi) is 3.79. The molecule has 3 aromatic heterocycles. The molecule has 0 saturated carbocycles. The van der Waals surface area contributed by atoms with Gasteiger partial charge in [0.2, 0.25) is 0 Å². The number of carbonyl (C=O) groups excluding carboxylic acids is 1. The Bertz CT molecular complexity index is 1200. The largest absolute Gasteiger partial charge is 0.361 e. The molecule has 4 aromatic rings. The summed E-state index contributed by atoms with van der Waals surface area (Å²) in [6.07, 6.45) is 5.33. The van der Waals surface area contributed by atoms with Crippen molar-refractivity contribution in [3.8, 4) is 11.3 Å². The molecule has 1 atom stereocenters. The average molecular weight is 372 g/mol. The van der Waals surface area contributed by atoms with Crippen LogP contribution in [0.1, 0.15) is 45.3 Å². The maximum Gasteiger partial charge on any atom is 0.255 e. The van der Waals surface area contributed by atoms with Gasteiger partial charge in [-0.2, -0.15) is 5.10 Å². The third-order valence-electron chi connectivity index (χ3n) is 5.37. The smallest absolute Gasteiger partial charge is 0.255 e. The maximum absolute atomic E-state index is 12.9. The van der Waals surface area contributed by atoms with Gasteiger partial charge >= 0.3 is 0 Å². The Hall–Kier alpha value is -3.41. The lowest BCUT2D eigenvalue weighted by atomic mass is 10.0. The molecule has 5 rings (SSSR count). The van der Waals surface area contributed by atoms with Crippen LogP contribution in [0.25, 0.3) is 16.8 Å². The highest BCUT2D eigenvalue weighted by Gasteiger charge is 2.26. The first-order valence-corrected chi connectivity index (χ1v) is 9.40. The summed E-state index contributed by atoms with van der Waals surface area (Å²) in [6.45, 7) is 3.90. The molecule has 3 heterocycles. The van der Waals surface area contributed by atoms with Crippen LogP contribution in [0.3, 0.4) is 0 Å². The molecule has 6 heteroatoms. The number of nitrogens with zero attached hydrogens (tertiary/aromatic N) is 3. The summed E-state index contributed by atoms with van der Waals surface area (Å²) in [5.41, 5.74) is 6.84. The molecule has 6 nitrogen and oxygen atoms in total. The van der Waals surface area contributed by atoms with Gasteiger partial charge in [-0.1, -0.05) is 17.3 Å². The Labute approximate surface area is 162 Å². The van der Waals surface area contributed by atoms with Gasteiger partial charge in [0.25, 0.3) is 5.91 Å². The molecule has 1 amide bonds. The van der Waals surface area contributed by atoms with Crippen molar-refractivity contribution in [3.05, 3.63) is 76.8 Å². The normalized spacial score (nSPS) is 15.7. The summed E-state index contributed by atoms with van der Waals surface area (Å²) < 4.78 is 6.91. The number of carbonyl (C=O) groups is 1. The molecule has 28 heavy (non-hydrogen) atoms. The molecule has 1 aliphatic rings. The number of nitrogens with one attached hydrogen (secondary N) is 1. The third-order valence-corrected chi connectivity index (χ3v) is 5.37. The van der Waals surface area contributed by atoms with Crippen LogP contribution in [0.2, 0.25) is 0 Å². The minimum Gasteiger partial charge on any atom is -0.361 e. The van der Waals surface area contributed by atoms with E-state index in [2.05, 4.69) is 27.7 Å². The molecule has 1 unspecified atom stereocenters. The number of aryl methyl sites for hydroxylation is 3. The second-order valence-corrected chi connectivity index (χ2v) is 7.39. The molecule has 0 fully saturated rings. The molecule has 1 aliphatic carbocycles. The van der Waals surface area contributed by atoms with E-state index in [0.717, 1.165) is 40.9 Å². The van der Waals surface area contributed by atoms with E-state index in [4.69, 9.17) is 4.52 Å². The first-order chi connectivity index (χ1) is 13.6. The van der Waals surface area contributed by atoms with E-state index in [0.29, 0.717) is 5.56 Å². The van der Waals surface area contributed by atoms with Crippen LogP contribution < -0.4 is 5.32 Å². The van der Waals surface area contributed by atoms with Crippen molar-refractivity contribution in [2.45, 2.75) is 32.7 Å². The zero-order valence-corrected chi connectivity index (χ0v) is 15.8. The highest BCUT2D eigenvalue weighted by Crippen LogP contribution is 2.34. The monoisotopic (exact) mass is 372 g/mol. The molecule has 0 saturated heterocycles. The van der Waals surface area contributed by atoms with Gasteiger partial charge in [0.15, 0.2) is 0 Å². The van der Waals surface area contributed by atoms with E-state index in [9.17, 15) is 4.79 Å². The van der Waals surface area contributed by atoms with Crippen molar-refractivity contribution in [1.29, 1.82) is 0 Å². The maximum atomic E-state index is 12.9. The lowest BCUT2D eigenvalue weighted by Gasteiger charge is -2.14. The minimum absolute atomic E-state index is 0.00959. The fourth-order valence-electron chi connectivity index (χ4n) is 3.93. The van der Waals surface area contributed by atoms with Crippen LogP contribution in [0.5, 0.6) is 0 Å². The van der Waals surface area contributed by atoms with Crippen molar-refractivity contribution in [3.63, 3.8) is 0 Å². The zero-order valence-electron chi connectivity index (χ0n) is 15.8. The van der Waals surface area contributed by atoms with Gasteiger partial charge in [0.1, 0.15) is 11.5 Å². The number of aromatic nitrogens is 3. The summed E-state index contributed by atoms with van der Waals surface area (Å²) in [4.78, 5) is 12.9. The van der Waals surface area contributed by atoms with Crippen LogP contribution in [0.15, 0.2) is 53.3 Å². The van der Waals surface area contributed by atoms with Gasteiger partial charge < -0.3 is 9.84 Å². The molecule has 0 radical (unpaired) electrons. The van der Waals surface area contributed by atoms with Gasteiger partial charge in [-0.15, -0.1) is 0 Å². The lowest BCUT2D eigenvalue weighted by Crippen LogP contribution is -2.27. The van der Waals surface area contributed by atoms with Crippen molar-refractivity contribution in [2.75, 3.05) is 0 Å². The van der Waals surface area contributed by atoms with Crippen LogP contribution in [0.4, 0.5) is 0 Å². The second-order valence-electron chi connectivity index (χ2n) is 7.39. The van der Waals surface area contributed by atoms with E-state index in [1.54, 1.807) is 10.7 Å². The molecule has 0 bridgehead atoms. The molecule has 0 aliphatic heterocycles. The number of amides is 1. The van der Waals surface area contributed by atoms with Gasteiger partial charge in [-0.25, -0.2) is 4.52 Å². The fourth-order valence-corrected chi connectivity index (χ4v) is 3.93. The number of benzene rings is 1. The number of pyridine rings is 1. The van der Waals surface area contributed by atoms with Crippen molar-refractivity contribution >= 4 is 11.4 Å². The summed E-state index contributed by atoms with van der Waals surface area (Å²) >= 11 is 0. The van der Waals surface area contributed by atoms with Gasteiger partial charge in [0, 0.05) is 17.8 Å². The standard InChI is InChI=1S/C22H20N4O2/c1-13-7-8-26-21(9-13)18(12-23-26)22(27)24-19-6-4-15-11-16(3-5-17(15)19)20-10-14(2)28-25-20/h3,5,7-12,19H,4,6H2,1-2H3,(H,24,27). The Morgan fingerprint density at radius 2 is 2.11 bits per heavy atom. The highest BCUT2D eigenvalue weighted by molar-refractivity contribution is 6.00. The van der Waals surface area contributed by atoms with Crippen LogP contribution in [-0.2, 0) is 6.42 Å².